The van der Waals surface area contributed by atoms with Crippen LogP contribution in [-0.2, 0) is 4.74 Å². The Morgan fingerprint density at radius 2 is 2.21 bits per heavy atom. The van der Waals surface area contributed by atoms with Gasteiger partial charge in [-0.1, -0.05) is 13.8 Å². The van der Waals surface area contributed by atoms with E-state index in [0.29, 0.717) is 17.9 Å². The summed E-state index contributed by atoms with van der Waals surface area (Å²) in [6.45, 7) is 11.6. The van der Waals surface area contributed by atoms with E-state index in [0.717, 1.165) is 32.8 Å². The third-order valence-corrected chi connectivity index (χ3v) is 3.06. The summed E-state index contributed by atoms with van der Waals surface area (Å²) < 4.78 is 5.51. The van der Waals surface area contributed by atoms with Crippen molar-refractivity contribution < 1.29 is 4.74 Å². The lowest BCUT2D eigenvalue weighted by Gasteiger charge is -2.34. The van der Waals surface area contributed by atoms with Gasteiger partial charge in [0.1, 0.15) is 0 Å². The van der Waals surface area contributed by atoms with Crippen LogP contribution >= 0.6 is 0 Å². The van der Waals surface area contributed by atoms with Crippen molar-refractivity contribution in [3.63, 3.8) is 0 Å². The van der Waals surface area contributed by atoms with Crippen molar-refractivity contribution in [2.45, 2.75) is 26.9 Å². The van der Waals surface area contributed by atoms with Crippen molar-refractivity contribution in [1.29, 1.82) is 0 Å². The number of nitrogens with zero attached hydrogens (tertiary/aromatic N) is 1. The lowest BCUT2D eigenvalue weighted by molar-refractivity contribution is -0.0247. The van der Waals surface area contributed by atoms with Crippen molar-refractivity contribution in [2.75, 3.05) is 32.8 Å². The van der Waals surface area contributed by atoms with E-state index >= 15 is 0 Å². The average molecular weight is 200 g/mol. The van der Waals surface area contributed by atoms with Crippen LogP contribution in [0, 0.1) is 11.8 Å². The predicted molar refractivity (Wildman–Crippen MR) is 59.2 cm³/mol. The number of hydrogen-bond donors (Lipinski definition) is 1. The number of ether oxygens (including phenoxy) is 1. The topological polar surface area (TPSA) is 38.5 Å². The van der Waals surface area contributed by atoms with Gasteiger partial charge in [0.25, 0.3) is 0 Å². The Morgan fingerprint density at radius 3 is 2.71 bits per heavy atom. The summed E-state index contributed by atoms with van der Waals surface area (Å²) >= 11 is 0. The van der Waals surface area contributed by atoms with Gasteiger partial charge in [0, 0.05) is 19.6 Å². The molecule has 2 unspecified atom stereocenters. The summed E-state index contributed by atoms with van der Waals surface area (Å²) in [5.41, 5.74) is 5.77. The Kier molecular flexibility index (Phi) is 4.85. The first-order valence-corrected chi connectivity index (χ1v) is 5.67. The van der Waals surface area contributed by atoms with Gasteiger partial charge in [-0.3, -0.25) is 4.90 Å². The minimum atomic E-state index is 0.384. The van der Waals surface area contributed by atoms with Crippen LogP contribution in [0.5, 0.6) is 0 Å². The second-order valence-electron chi connectivity index (χ2n) is 4.68. The third kappa shape index (κ3) is 3.56. The maximum atomic E-state index is 5.77. The van der Waals surface area contributed by atoms with E-state index in [1.54, 1.807) is 0 Å². The predicted octanol–water partition coefficient (Wildman–Crippen LogP) is 0.938. The summed E-state index contributed by atoms with van der Waals surface area (Å²) in [6, 6.07) is 0. The average Bonchev–Trinajstić information content (AvgIpc) is 2.14. The van der Waals surface area contributed by atoms with E-state index in [-0.39, 0.29) is 0 Å². The van der Waals surface area contributed by atoms with Crippen LogP contribution in [0.15, 0.2) is 0 Å². The summed E-state index contributed by atoms with van der Waals surface area (Å²) in [7, 11) is 0. The van der Waals surface area contributed by atoms with Gasteiger partial charge in [-0.05, 0) is 25.3 Å². The first-order chi connectivity index (χ1) is 6.63. The standard InChI is InChI=1S/C11H24N2O/c1-9(2)11(6-12)8-13-4-5-14-10(3)7-13/h9-11H,4-8,12H2,1-3H3. The van der Waals surface area contributed by atoms with Gasteiger partial charge in [-0.15, -0.1) is 0 Å². The van der Waals surface area contributed by atoms with Gasteiger partial charge in [-0.2, -0.15) is 0 Å². The molecule has 0 aliphatic carbocycles. The Hall–Kier alpha value is -0.120. The molecule has 14 heavy (non-hydrogen) atoms. The molecular weight excluding hydrogens is 176 g/mol. The first-order valence-electron chi connectivity index (χ1n) is 5.67. The van der Waals surface area contributed by atoms with E-state index in [4.69, 9.17) is 10.5 Å². The molecule has 0 aromatic rings. The summed E-state index contributed by atoms with van der Waals surface area (Å²) in [4.78, 5) is 2.48. The molecule has 3 heteroatoms. The number of hydrogen-bond acceptors (Lipinski definition) is 3. The molecule has 0 spiro atoms. The van der Waals surface area contributed by atoms with E-state index in [1.807, 2.05) is 0 Å². The van der Waals surface area contributed by atoms with Crippen LogP contribution in [0.1, 0.15) is 20.8 Å². The van der Waals surface area contributed by atoms with Crippen LogP contribution in [0.2, 0.25) is 0 Å². The van der Waals surface area contributed by atoms with Crippen LogP contribution < -0.4 is 5.73 Å². The highest BCUT2D eigenvalue weighted by Gasteiger charge is 2.21. The maximum Gasteiger partial charge on any atom is 0.0674 e. The summed E-state index contributed by atoms with van der Waals surface area (Å²) in [5, 5.41) is 0. The van der Waals surface area contributed by atoms with E-state index < -0.39 is 0 Å². The molecule has 1 aliphatic heterocycles. The van der Waals surface area contributed by atoms with Gasteiger partial charge in [0.2, 0.25) is 0 Å². The SMILES string of the molecule is CC1CN(CC(CN)C(C)C)CCO1. The molecule has 3 nitrogen and oxygen atoms in total. The largest absolute Gasteiger partial charge is 0.376 e. The fraction of sp³-hybridized carbons (Fsp3) is 1.00. The molecule has 84 valence electrons. The Balaban J connectivity index is 2.33. The van der Waals surface area contributed by atoms with Crippen LogP contribution in [-0.4, -0.2) is 43.8 Å². The van der Waals surface area contributed by atoms with Gasteiger partial charge in [-0.25, -0.2) is 0 Å². The highest BCUT2D eigenvalue weighted by atomic mass is 16.5. The monoisotopic (exact) mass is 200 g/mol. The van der Waals surface area contributed by atoms with E-state index in [1.165, 1.54) is 0 Å². The molecule has 0 saturated carbocycles. The van der Waals surface area contributed by atoms with Gasteiger partial charge in [0.15, 0.2) is 0 Å². The van der Waals surface area contributed by atoms with Gasteiger partial charge in [0.05, 0.1) is 12.7 Å². The van der Waals surface area contributed by atoms with Crippen molar-refractivity contribution >= 4 is 0 Å². The molecule has 0 aromatic carbocycles. The Morgan fingerprint density at radius 1 is 1.50 bits per heavy atom. The lowest BCUT2D eigenvalue weighted by Crippen LogP contribution is -2.45. The fourth-order valence-corrected chi connectivity index (χ4v) is 1.95. The van der Waals surface area contributed by atoms with E-state index in [2.05, 4.69) is 25.7 Å². The number of nitrogens with two attached hydrogens (primary N) is 1. The summed E-state index contributed by atoms with van der Waals surface area (Å²) in [6.07, 6.45) is 0.384. The second kappa shape index (κ2) is 5.69. The van der Waals surface area contributed by atoms with Crippen LogP contribution in [0.25, 0.3) is 0 Å². The fourth-order valence-electron chi connectivity index (χ4n) is 1.95. The van der Waals surface area contributed by atoms with Crippen LogP contribution in [0.4, 0.5) is 0 Å². The molecule has 2 N–H and O–H groups in total. The smallest absolute Gasteiger partial charge is 0.0674 e. The molecule has 1 heterocycles. The van der Waals surface area contributed by atoms with Crippen molar-refractivity contribution in [3.8, 4) is 0 Å². The molecule has 0 bridgehead atoms. The Labute approximate surface area is 87.6 Å². The molecule has 0 amide bonds. The highest BCUT2D eigenvalue weighted by Crippen LogP contribution is 2.13. The molecule has 2 atom stereocenters. The van der Waals surface area contributed by atoms with Gasteiger partial charge < -0.3 is 10.5 Å². The van der Waals surface area contributed by atoms with E-state index in [9.17, 15) is 0 Å². The molecule has 1 saturated heterocycles. The van der Waals surface area contributed by atoms with Crippen molar-refractivity contribution in [1.82, 2.24) is 4.90 Å². The molecule has 1 aliphatic rings. The third-order valence-electron chi connectivity index (χ3n) is 3.06. The lowest BCUT2D eigenvalue weighted by atomic mass is 9.95. The maximum absolute atomic E-state index is 5.77. The zero-order valence-corrected chi connectivity index (χ0v) is 9.70. The van der Waals surface area contributed by atoms with Crippen molar-refractivity contribution in [3.05, 3.63) is 0 Å². The highest BCUT2D eigenvalue weighted by molar-refractivity contribution is 4.74. The number of morpholine rings is 1. The molecular formula is C11H24N2O. The second-order valence-corrected chi connectivity index (χ2v) is 4.68. The first kappa shape index (κ1) is 12.0. The van der Waals surface area contributed by atoms with Crippen LogP contribution in [0.3, 0.4) is 0 Å². The summed E-state index contributed by atoms with van der Waals surface area (Å²) in [5.74, 6) is 1.30. The molecule has 1 rings (SSSR count). The molecule has 1 fully saturated rings. The number of rotatable bonds is 4. The zero-order valence-electron chi connectivity index (χ0n) is 9.70. The minimum absolute atomic E-state index is 0.384. The van der Waals surface area contributed by atoms with Crippen molar-refractivity contribution in [2.24, 2.45) is 17.6 Å². The Bertz CT molecular complexity index is 161. The van der Waals surface area contributed by atoms with Gasteiger partial charge >= 0.3 is 0 Å². The quantitative estimate of drug-likeness (QED) is 0.734. The minimum Gasteiger partial charge on any atom is -0.376 e. The molecule has 0 radical (unpaired) electrons. The molecule has 0 aromatic heterocycles. The zero-order chi connectivity index (χ0) is 10.6. The normalized spacial score (nSPS) is 26.8.